The predicted octanol–water partition coefficient (Wildman–Crippen LogP) is 1.03. The number of aliphatic hydroxyl groups is 1. The highest BCUT2D eigenvalue weighted by Crippen LogP contribution is 2.20. The van der Waals surface area contributed by atoms with Gasteiger partial charge >= 0.3 is 0 Å². The molecule has 2 rings (SSSR count). The SMILES string of the molecule is CC(NC(=O)c1ccccc1)C(=O)N1CCC(C(C)O)C1. The van der Waals surface area contributed by atoms with Crippen LogP contribution in [0.3, 0.4) is 0 Å². The molecule has 2 amide bonds. The van der Waals surface area contributed by atoms with Crippen molar-refractivity contribution >= 4 is 11.8 Å². The van der Waals surface area contributed by atoms with Gasteiger partial charge in [-0.3, -0.25) is 9.59 Å². The lowest BCUT2D eigenvalue weighted by Gasteiger charge is -2.22. The predicted molar refractivity (Wildman–Crippen MR) is 79.7 cm³/mol. The lowest BCUT2D eigenvalue weighted by Crippen LogP contribution is -2.46. The molecule has 1 heterocycles. The minimum Gasteiger partial charge on any atom is -0.393 e. The molecule has 1 aliphatic heterocycles. The molecule has 1 aromatic carbocycles. The van der Waals surface area contributed by atoms with Crippen LogP contribution in [0.25, 0.3) is 0 Å². The van der Waals surface area contributed by atoms with Crippen molar-refractivity contribution in [2.24, 2.45) is 5.92 Å². The molecular weight excluding hydrogens is 268 g/mol. The fraction of sp³-hybridized carbons (Fsp3) is 0.500. The Morgan fingerprint density at radius 3 is 2.52 bits per heavy atom. The molecule has 2 N–H and O–H groups in total. The molecule has 1 aromatic rings. The van der Waals surface area contributed by atoms with Gasteiger partial charge in [0.2, 0.25) is 5.91 Å². The van der Waals surface area contributed by atoms with Gasteiger partial charge in [-0.2, -0.15) is 0 Å². The molecule has 1 aliphatic rings. The number of aliphatic hydroxyl groups excluding tert-OH is 1. The van der Waals surface area contributed by atoms with Crippen LogP contribution >= 0.6 is 0 Å². The fourth-order valence-corrected chi connectivity index (χ4v) is 2.59. The van der Waals surface area contributed by atoms with Crippen LogP contribution in [0.1, 0.15) is 30.6 Å². The van der Waals surface area contributed by atoms with Crippen molar-refractivity contribution in [3.63, 3.8) is 0 Å². The van der Waals surface area contributed by atoms with E-state index in [1.165, 1.54) is 0 Å². The Morgan fingerprint density at radius 2 is 1.95 bits per heavy atom. The number of nitrogens with zero attached hydrogens (tertiary/aromatic N) is 1. The summed E-state index contributed by atoms with van der Waals surface area (Å²) in [5.41, 5.74) is 0.542. The zero-order chi connectivity index (χ0) is 15.4. The highest BCUT2D eigenvalue weighted by molar-refractivity contribution is 5.97. The normalized spacial score (nSPS) is 20.9. The van der Waals surface area contributed by atoms with Gasteiger partial charge in [0.1, 0.15) is 6.04 Å². The van der Waals surface area contributed by atoms with E-state index in [0.29, 0.717) is 18.7 Å². The van der Waals surface area contributed by atoms with E-state index in [2.05, 4.69) is 5.32 Å². The Balaban J connectivity index is 1.90. The van der Waals surface area contributed by atoms with Crippen molar-refractivity contribution in [3.05, 3.63) is 35.9 Å². The molecule has 5 heteroatoms. The zero-order valence-corrected chi connectivity index (χ0v) is 12.5. The van der Waals surface area contributed by atoms with E-state index in [0.717, 1.165) is 6.42 Å². The van der Waals surface area contributed by atoms with Crippen LogP contribution in [0.4, 0.5) is 0 Å². The molecule has 0 saturated carbocycles. The minimum absolute atomic E-state index is 0.0950. The molecule has 3 atom stereocenters. The van der Waals surface area contributed by atoms with Gasteiger partial charge in [0.05, 0.1) is 6.10 Å². The van der Waals surface area contributed by atoms with E-state index in [1.54, 1.807) is 43.0 Å². The van der Waals surface area contributed by atoms with Crippen LogP contribution in [0.5, 0.6) is 0 Å². The number of rotatable bonds is 4. The summed E-state index contributed by atoms with van der Waals surface area (Å²) in [7, 11) is 0. The third-order valence-corrected chi connectivity index (χ3v) is 3.97. The van der Waals surface area contributed by atoms with Gasteiger partial charge in [-0.25, -0.2) is 0 Å². The summed E-state index contributed by atoms with van der Waals surface area (Å²) in [6.45, 7) is 4.64. The van der Waals surface area contributed by atoms with E-state index >= 15 is 0 Å². The second-order valence-electron chi connectivity index (χ2n) is 5.63. The highest BCUT2D eigenvalue weighted by Gasteiger charge is 2.31. The zero-order valence-electron chi connectivity index (χ0n) is 12.5. The van der Waals surface area contributed by atoms with Crippen LogP contribution < -0.4 is 5.32 Å². The lowest BCUT2D eigenvalue weighted by molar-refractivity contribution is -0.132. The molecule has 0 radical (unpaired) electrons. The summed E-state index contributed by atoms with van der Waals surface area (Å²) in [6.07, 6.45) is 0.403. The van der Waals surface area contributed by atoms with Crippen molar-refractivity contribution in [2.45, 2.75) is 32.4 Å². The minimum atomic E-state index is -0.564. The Morgan fingerprint density at radius 1 is 1.29 bits per heavy atom. The number of hydrogen-bond donors (Lipinski definition) is 2. The van der Waals surface area contributed by atoms with Gasteiger partial charge in [0.15, 0.2) is 0 Å². The van der Waals surface area contributed by atoms with Gasteiger partial charge in [-0.15, -0.1) is 0 Å². The van der Waals surface area contributed by atoms with E-state index in [4.69, 9.17) is 0 Å². The summed E-state index contributed by atoms with van der Waals surface area (Å²) in [5, 5.41) is 12.3. The van der Waals surface area contributed by atoms with Gasteiger partial charge in [0, 0.05) is 24.6 Å². The Bertz CT molecular complexity index is 502. The van der Waals surface area contributed by atoms with Gasteiger partial charge < -0.3 is 15.3 Å². The van der Waals surface area contributed by atoms with E-state index in [1.807, 2.05) is 6.07 Å². The molecule has 0 bridgehead atoms. The van der Waals surface area contributed by atoms with Gasteiger partial charge in [-0.05, 0) is 32.4 Å². The first kappa shape index (κ1) is 15.5. The monoisotopic (exact) mass is 290 g/mol. The van der Waals surface area contributed by atoms with E-state index < -0.39 is 12.1 Å². The first-order valence-corrected chi connectivity index (χ1v) is 7.32. The molecule has 1 fully saturated rings. The van der Waals surface area contributed by atoms with Crippen molar-refractivity contribution in [1.29, 1.82) is 0 Å². The Hall–Kier alpha value is -1.88. The van der Waals surface area contributed by atoms with E-state index in [9.17, 15) is 14.7 Å². The van der Waals surface area contributed by atoms with Crippen LogP contribution in [0, 0.1) is 5.92 Å². The first-order chi connectivity index (χ1) is 9.99. The number of likely N-dealkylation sites (tertiary alicyclic amines) is 1. The number of hydrogen-bond acceptors (Lipinski definition) is 3. The smallest absolute Gasteiger partial charge is 0.251 e. The number of carbonyl (C=O) groups is 2. The molecule has 3 unspecified atom stereocenters. The number of carbonyl (C=O) groups excluding carboxylic acids is 2. The Kier molecular flexibility index (Phi) is 4.96. The summed E-state index contributed by atoms with van der Waals surface area (Å²) in [4.78, 5) is 26.1. The van der Waals surface area contributed by atoms with Crippen molar-refractivity contribution in [1.82, 2.24) is 10.2 Å². The largest absolute Gasteiger partial charge is 0.393 e. The Labute approximate surface area is 125 Å². The number of nitrogens with one attached hydrogen (secondary N) is 1. The summed E-state index contributed by atoms with van der Waals surface area (Å²) < 4.78 is 0. The molecule has 5 nitrogen and oxygen atoms in total. The molecule has 21 heavy (non-hydrogen) atoms. The van der Waals surface area contributed by atoms with Crippen molar-refractivity contribution in [2.75, 3.05) is 13.1 Å². The third kappa shape index (κ3) is 3.82. The molecular formula is C16H22N2O3. The van der Waals surface area contributed by atoms with E-state index in [-0.39, 0.29) is 17.7 Å². The highest BCUT2D eigenvalue weighted by atomic mass is 16.3. The molecule has 0 spiro atoms. The summed E-state index contributed by atoms with van der Waals surface area (Å²) in [5.74, 6) is -0.212. The second kappa shape index (κ2) is 6.72. The number of amides is 2. The average molecular weight is 290 g/mol. The summed E-state index contributed by atoms with van der Waals surface area (Å²) >= 11 is 0. The maximum atomic E-state index is 12.3. The van der Waals surface area contributed by atoms with Crippen molar-refractivity contribution < 1.29 is 14.7 Å². The lowest BCUT2D eigenvalue weighted by atomic mass is 10.0. The molecule has 1 saturated heterocycles. The fourth-order valence-electron chi connectivity index (χ4n) is 2.59. The van der Waals surface area contributed by atoms with Crippen LogP contribution in [0.2, 0.25) is 0 Å². The number of benzene rings is 1. The third-order valence-electron chi connectivity index (χ3n) is 3.97. The van der Waals surface area contributed by atoms with Gasteiger partial charge in [-0.1, -0.05) is 18.2 Å². The quantitative estimate of drug-likeness (QED) is 0.870. The van der Waals surface area contributed by atoms with Crippen LogP contribution in [-0.4, -0.2) is 47.1 Å². The average Bonchev–Trinajstić information content (AvgIpc) is 2.97. The van der Waals surface area contributed by atoms with Crippen LogP contribution in [-0.2, 0) is 4.79 Å². The molecule has 0 aromatic heterocycles. The standard InChI is InChI=1S/C16H22N2O3/c1-11(17-15(20)13-6-4-3-5-7-13)16(21)18-9-8-14(10-18)12(2)19/h3-7,11-12,14,19H,8-10H2,1-2H3,(H,17,20). The molecule has 0 aliphatic carbocycles. The maximum absolute atomic E-state index is 12.3. The molecule has 114 valence electrons. The maximum Gasteiger partial charge on any atom is 0.251 e. The van der Waals surface area contributed by atoms with Crippen LogP contribution in [0.15, 0.2) is 30.3 Å². The summed E-state index contributed by atoms with van der Waals surface area (Å²) in [6, 6.07) is 8.28. The first-order valence-electron chi connectivity index (χ1n) is 7.32. The second-order valence-corrected chi connectivity index (χ2v) is 5.63. The van der Waals surface area contributed by atoms with Crippen molar-refractivity contribution in [3.8, 4) is 0 Å². The topological polar surface area (TPSA) is 69.6 Å². The van der Waals surface area contributed by atoms with Gasteiger partial charge in [0.25, 0.3) is 5.91 Å².